The van der Waals surface area contributed by atoms with Crippen LogP contribution in [0.5, 0.6) is 5.75 Å². The standard InChI is InChI=1S/C29H27ClN2O3/c1-2-32-20-27(24-10-14-25(30)15-11-24)31-28(32)18-7-21-5-8-22(9-6-21)23-12-16-26(17-13-23)35-19-3-4-29(33)34/h5-18,20H,2-4,19H2,1H3,(H,33,34). The molecule has 35 heavy (non-hydrogen) atoms. The number of halogens is 1. The fourth-order valence-electron chi connectivity index (χ4n) is 3.69. The van der Waals surface area contributed by atoms with E-state index in [-0.39, 0.29) is 6.42 Å². The second-order valence-electron chi connectivity index (χ2n) is 8.10. The molecule has 1 aromatic heterocycles. The Labute approximate surface area is 210 Å². The summed E-state index contributed by atoms with van der Waals surface area (Å²) in [5.41, 5.74) is 5.25. The van der Waals surface area contributed by atoms with E-state index in [1.54, 1.807) is 0 Å². The number of aromatic nitrogens is 2. The number of carboxylic acids is 1. The number of hydrogen-bond donors (Lipinski definition) is 1. The van der Waals surface area contributed by atoms with Crippen molar-refractivity contribution in [2.24, 2.45) is 0 Å². The third-order valence-corrected chi connectivity index (χ3v) is 5.87. The van der Waals surface area contributed by atoms with Gasteiger partial charge in [0.1, 0.15) is 11.6 Å². The van der Waals surface area contributed by atoms with E-state index in [9.17, 15) is 4.79 Å². The van der Waals surface area contributed by atoms with Gasteiger partial charge in [-0.05, 0) is 60.4 Å². The van der Waals surface area contributed by atoms with Crippen LogP contribution in [0.2, 0.25) is 5.02 Å². The van der Waals surface area contributed by atoms with Gasteiger partial charge in [0.25, 0.3) is 0 Å². The zero-order valence-electron chi connectivity index (χ0n) is 19.5. The SMILES string of the molecule is CCn1cc(-c2ccc(Cl)cc2)nc1C=Cc1ccc(-c2ccc(OCCCC(=O)O)cc2)cc1. The molecule has 178 valence electrons. The predicted molar refractivity (Wildman–Crippen MR) is 142 cm³/mol. The van der Waals surface area contributed by atoms with Crippen LogP contribution in [-0.4, -0.2) is 27.2 Å². The van der Waals surface area contributed by atoms with E-state index in [0.29, 0.717) is 18.1 Å². The van der Waals surface area contributed by atoms with E-state index in [1.165, 1.54) is 0 Å². The van der Waals surface area contributed by atoms with Gasteiger partial charge in [-0.2, -0.15) is 0 Å². The Morgan fingerprint density at radius 1 is 0.943 bits per heavy atom. The van der Waals surface area contributed by atoms with Crippen LogP contribution in [0, 0.1) is 0 Å². The summed E-state index contributed by atoms with van der Waals surface area (Å²) in [5.74, 6) is 0.837. The second-order valence-corrected chi connectivity index (χ2v) is 8.54. The maximum absolute atomic E-state index is 10.6. The maximum Gasteiger partial charge on any atom is 0.303 e. The monoisotopic (exact) mass is 486 g/mol. The van der Waals surface area contributed by atoms with Gasteiger partial charge in [0.05, 0.1) is 12.3 Å². The Morgan fingerprint density at radius 2 is 1.57 bits per heavy atom. The Morgan fingerprint density at radius 3 is 2.20 bits per heavy atom. The van der Waals surface area contributed by atoms with Crippen molar-refractivity contribution in [1.82, 2.24) is 9.55 Å². The van der Waals surface area contributed by atoms with Crippen molar-refractivity contribution in [3.8, 4) is 28.1 Å². The summed E-state index contributed by atoms with van der Waals surface area (Å²) >= 11 is 6.01. The number of hydrogen-bond acceptors (Lipinski definition) is 3. The number of carboxylic acid groups (broad SMARTS) is 1. The number of aryl methyl sites for hydroxylation is 1. The first kappa shape index (κ1) is 24.3. The fourth-order valence-corrected chi connectivity index (χ4v) is 3.82. The quantitative estimate of drug-likeness (QED) is 0.239. The van der Waals surface area contributed by atoms with Gasteiger partial charge in [-0.25, -0.2) is 4.98 Å². The van der Waals surface area contributed by atoms with Crippen LogP contribution in [-0.2, 0) is 11.3 Å². The number of ether oxygens (including phenoxy) is 1. The number of carbonyl (C=O) groups is 1. The van der Waals surface area contributed by atoms with Gasteiger partial charge in [-0.15, -0.1) is 0 Å². The van der Waals surface area contributed by atoms with Crippen molar-refractivity contribution >= 4 is 29.7 Å². The lowest BCUT2D eigenvalue weighted by molar-refractivity contribution is -0.137. The molecule has 1 heterocycles. The topological polar surface area (TPSA) is 64.4 Å². The van der Waals surface area contributed by atoms with E-state index in [0.717, 1.165) is 46.1 Å². The summed E-state index contributed by atoms with van der Waals surface area (Å²) in [4.78, 5) is 15.4. The lowest BCUT2D eigenvalue weighted by Gasteiger charge is -2.07. The number of aliphatic carboxylic acids is 1. The summed E-state index contributed by atoms with van der Waals surface area (Å²) in [6.07, 6.45) is 6.77. The molecule has 3 aromatic carbocycles. The summed E-state index contributed by atoms with van der Waals surface area (Å²) in [6.45, 7) is 3.33. The molecule has 0 saturated carbocycles. The van der Waals surface area contributed by atoms with Crippen LogP contribution in [0.3, 0.4) is 0 Å². The maximum atomic E-state index is 10.6. The Kier molecular flexibility index (Phi) is 8.01. The number of imidazole rings is 1. The van der Waals surface area contributed by atoms with E-state index in [1.807, 2.05) is 54.6 Å². The van der Waals surface area contributed by atoms with E-state index in [4.69, 9.17) is 26.4 Å². The average molecular weight is 487 g/mol. The summed E-state index contributed by atoms with van der Waals surface area (Å²) in [6, 6.07) is 23.9. The molecule has 4 rings (SSSR count). The Balaban J connectivity index is 1.41. The molecule has 0 radical (unpaired) electrons. The van der Waals surface area contributed by atoms with E-state index < -0.39 is 5.97 Å². The summed E-state index contributed by atoms with van der Waals surface area (Å²) in [5, 5.41) is 9.40. The summed E-state index contributed by atoms with van der Waals surface area (Å²) < 4.78 is 7.73. The van der Waals surface area contributed by atoms with Crippen molar-refractivity contribution < 1.29 is 14.6 Å². The molecular formula is C29H27ClN2O3. The molecule has 0 unspecified atom stereocenters. The van der Waals surface area contributed by atoms with Crippen LogP contribution < -0.4 is 4.74 Å². The third-order valence-electron chi connectivity index (χ3n) is 5.61. The highest BCUT2D eigenvalue weighted by Gasteiger charge is 2.07. The average Bonchev–Trinajstić information content (AvgIpc) is 3.30. The van der Waals surface area contributed by atoms with Gasteiger partial charge < -0.3 is 14.4 Å². The molecule has 0 atom stereocenters. The molecule has 0 aliphatic heterocycles. The van der Waals surface area contributed by atoms with Gasteiger partial charge in [0.2, 0.25) is 0 Å². The van der Waals surface area contributed by atoms with Crippen molar-refractivity contribution in [3.63, 3.8) is 0 Å². The minimum atomic E-state index is -0.805. The van der Waals surface area contributed by atoms with Crippen molar-refractivity contribution in [3.05, 3.63) is 95.4 Å². The predicted octanol–water partition coefficient (Wildman–Crippen LogP) is 7.30. The zero-order chi connectivity index (χ0) is 24.6. The van der Waals surface area contributed by atoms with E-state index in [2.05, 4.69) is 48.0 Å². The molecule has 0 fully saturated rings. The van der Waals surface area contributed by atoms with Crippen LogP contribution in [0.25, 0.3) is 34.5 Å². The molecule has 5 nitrogen and oxygen atoms in total. The fraction of sp³-hybridized carbons (Fsp3) is 0.172. The molecular weight excluding hydrogens is 460 g/mol. The van der Waals surface area contributed by atoms with Gasteiger partial charge in [0, 0.05) is 29.7 Å². The molecule has 4 aromatic rings. The van der Waals surface area contributed by atoms with Gasteiger partial charge in [-0.3, -0.25) is 4.79 Å². The van der Waals surface area contributed by atoms with Crippen LogP contribution in [0.15, 0.2) is 79.0 Å². The van der Waals surface area contributed by atoms with Gasteiger partial charge >= 0.3 is 5.97 Å². The molecule has 0 aliphatic carbocycles. The molecule has 0 amide bonds. The first-order valence-corrected chi connectivity index (χ1v) is 12.0. The van der Waals surface area contributed by atoms with Gasteiger partial charge in [0.15, 0.2) is 0 Å². The molecule has 0 bridgehead atoms. The van der Waals surface area contributed by atoms with Crippen LogP contribution >= 0.6 is 11.6 Å². The van der Waals surface area contributed by atoms with Crippen molar-refractivity contribution in [1.29, 1.82) is 0 Å². The summed E-state index contributed by atoms with van der Waals surface area (Å²) in [7, 11) is 0. The molecule has 0 spiro atoms. The first-order valence-electron chi connectivity index (χ1n) is 11.6. The Bertz CT molecular complexity index is 1290. The van der Waals surface area contributed by atoms with Crippen LogP contribution in [0.4, 0.5) is 0 Å². The Hall–Kier alpha value is -3.83. The molecule has 1 N–H and O–H groups in total. The molecule has 6 heteroatoms. The van der Waals surface area contributed by atoms with Crippen molar-refractivity contribution in [2.75, 3.05) is 6.61 Å². The van der Waals surface area contributed by atoms with Gasteiger partial charge in [-0.1, -0.05) is 66.2 Å². The minimum Gasteiger partial charge on any atom is -0.494 e. The second kappa shape index (κ2) is 11.5. The van der Waals surface area contributed by atoms with Crippen LogP contribution in [0.1, 0.15) is 31.2 Å². The third kappa shape index (κ3) is 6.61. The van der Waals surface area contributed by atoms with Crippen molar-refractivity contribution in [2.45, 2.75) is 26.3 Å². The number of nitrogens with zero attached hydrogens (tertiary/aromatic N) is 2. The largest absolute Gasteiger partial charge is 0.494 e. The van der Waals surface area contributed by atoms with E-state index >= 15 is 0 Å². The highest BCUT2D eigenvalue weighted by Crippen LogP contribution is 2.25. The lowest BCUT2D eigenvalue weighted by Crippen LogP contribution is -2.01. The minimum absolute atomic E-state index is 0.114. The normalized spacial score (nSPS) is 11.1. The highest BCUT2D eigenvalue weighted by molar-refractivity contribution is 6.30. The first-order chi connectivity index (χ1) is 17.0. The zero-order valence-corrected chi connectivity index (χ0v) is 20.3. The highest BCUT2D eigenvalue weighted by atomic mass is 35.5. The lowest BCUT2D eigenvalue weighted by atomic mass is 10.0. The molecule has 0 aliphatic rings. The number of benzene rings is 3. The molecule has 0 saturated heterocycles. The smallest absolute Gasteiger partial charge is 0.303 e. The number of rotatable bonds is 10.